The molecule has 0 saturated heterocycles. The quantitative estimate of drug-likeness (QED) is 0.406. The molecule has 0 N–H and O–H groups in total. The molecule has 0 aliphatic heterocycles. The topological polar surface area (TPSA) is 52.6 Å². The number of rotatable bonds is 4. The van der Waals surface area contributed by atoms with Crippen LogP contribution in [0.25, 0.3) is 0 Å². The maximum absolute atomic E-state index is 11.4. The van der Waals surface area contributed by atoms with E-state index in [1.807, 2.05) is 45.2 Å². The maximum atomic E-state index is 11.4. The average molecular weight is 446 g/mol. The molecule has 0 atom stereocenters. The molecule has 0 aliphatic rings. The summed E-state index contributed by atoms with van der Waals surface area (Å²) in [4.78, 5) is 22.8. The lowest BCUT2D eigenvalue weighted by molar-refractivity contribution is 0.0589. The molecule has 0 radical (unpaired) electrons. The van der Waals surface area contributed by atoms with Crippen molar-refractivity contribution in [1.29, 1.82) is 0 Å². The predicted octanol–water partition coefficient (Wildman–Crippen LogP) is 2.79. The Morgan fingerprint density at radius 3 is 1.81 bits per heavy atom. The molecular weight excluding hydrogens is 438 g/mol. The summed E-state index contributed by atoms with van der Waals surface area (Å²) in [6, 6.07) is 6.27. The van der Waals surface area contributed by atoms with Crippen LogP contribution in [0.15, 0.2) is 24.3 Å². The van der Waals surface area contributed by atoms with Gasteiger partial charge < -0.3 is 9.47 Å². The number of benzene rings is 1. The fourth-order valence-electron chi connectivity index (χ4n) is 1.04. The van der Waals surface area contributed by atoms with E-state index in [1.165, 1.54) is 6.07 Å². The molecule has 0 aliphatic carbocycles. The molecule has 86 valence electrons. The van der Waals surface area contributed by atoms with E-state index in [1.54, 1.807) is 18.2 Å². The molecule has 0 aromatic heterocycles. The van der Waals surface area contributed by atoms with Gasteiger partial charge in [0.25, 0.3) is 0 Å². The fourth-order valence-corrected chi connectivity index (χ4v) is 1.60. The van der Waals surface area contributed by atoms with Crippen LogP contribution < -0.4 is 0 Å². The summed E-state index contributed by atoms with van der Waals surface area (Å²) in [5.41, 5.74) is 0.694. The first kappa shape index (κ1) is 13.7. The van der Waals surface area contributed by atoms with E-state index < -0.39 is 11.9 Å². The Balaban J connectivity index is 2.86. The van der Waals surface area contributed by atoms with Crippen molar-refractivity contribution in [2.24, 2.45) is 0 Å². The first-order chi connectivity index (χ1) is 7.69. The molecule has 0 spiro atoms. The molecule has 0 heterocycles. The summed E-state index contributed by atoms with van der Waals surface area (Å²) >= 11 is 3.86. The minimum atomic E-state index is -0.446. The summed E-state index contributed by atoms with van der Waals surface area (Å²) in [5, 5.41) is 0. The van der Waals surface area contributed by atoms with Crippen molar-refractivity contribution in [3.05, 3.63) is 35.4 Å². The molecule has 0 unspecified atom stereocenters. The molecule has 1 aromatic rings. The number of halogens is 2. The third kappa shape index (κ3) is 3.89. The van der Waals surface area contributed by atoms with Crippen LogP contribution in [-0.4, -0.2) is 21.2 Å². The van der Waals surface area contributed by atoms with Crippen molar-refractivity contribution in [2.45, 2.75) is 0 Å². The largest absolute Gasteiger partial charge is 0.451 e. The van der Waals surface area contributed by atoms with Gasteiger partial charge in [-0.2, -0.15) is 0 Å². The van der Waals surface area contributed by atoms with Gasteiger partial charge in [0.05, 0.1) is 11.1 Å². The number of ether oxygens (including phenoxy) is 2. The number of hydrogen-bond acceptors (Lipinski definition) is 4. The molecule has 16 heavy (non-hydrogen) atoms. The first-order valence-electron chi connectivity index (χ1n) is 4.25. The lowest BCUT2D eigenvalue weighted by atomic mass is 10.1. The summed E-state index contributed by atoms with van der Waals surface area (Å²) < 4.78 is 10.2. The van der Waals surface area contributed by atoms with Crippen LogP contribution in [-0.2, 0) is 9.47 Å². The van der Waals surface area contributed by atoms with Crippen molar-refractivity contribution in [3.8, 4) is 0 Å². The lowest BCUT2D eigenvalue weighted by Gasteiger charge is -2.03. The Bertz CT molecular complexity index is 359. The highest BCUT2D eigenvalue weighted by Gasteiger charge is 2.11. The van der Waals surface area contributed by atoms with Gasteiger partial charge in [0.15, 0.2) is 0 Å². The van der Waals surface area contributed by atoms with Crippen LogP contribution in [0, 0.1) is 0 Å². The minimum absolute atomic E-state index is 0.277. The number of esters is 2. The Morgan fingerprint density at radius 1 is 1.00 bits per heavy atom. The van der Waals surface area contributed by atoms with E-state index in [-0.39, 0.29) is 9.23 Å². The average Bonchev–Trinajstić information content (AvgIpc) is 2.30. The SMILES string of the molecule is O=C(OCI)c1cccc(C(=O)OCI)c1. The van der Waals surface area contributed by atoms with Gasteiger partial charge in [0.2, 0.25) is 0 Å². The van der Waals surface area contributed by atoms with E-state index >= 15 is 0 Å². The molecule has 1 rings (SSSR count). The highest BCUT2D eigenvalue weighted by molar-refractivity contribution is 14.1. The third-order valence-electron chi connectivity index (χ3n) is 1.71. The molecule has 0 bridgehead atoms. The first-order valence-corrected chi connectivity index (χ1v) is 7.30. The Morgan fingerprint density at radius 2 is 1.44 bits per heavy atom. The van der Waals surface area contributed by atoms with Crippen molar-refractivity contribution < 1.29 is 19.1 Å². The smallest absolute Gasteiger partial charge is 0.338 e. The van der Waals surface area contributed by atoms with Crippen LogP contribution in [0.4, 0.5) is 0 Å². The zero-order chi connectivity index (χ0) is 12.0. The van der Waals surface area contributed by atoms with Crippen molar-refractivity contribution in [1.82, 2.24) is 0 Å². The van der Waals surface area contributed by atoms with E-state index in [2.05, 4.69) is 0 Å². The normalized spacial score (nSPS) is 9.62. The van der Waals surface area contributed by atoms with Crippen molar-refractivity contribution in [2.75, 3.05) is 9.23 Å². The standard InChI is InChI=1S/C10H8I2O4/c11-5-15-9(13)7-2-1-3-8(4-7)10(14)16-6-12/h1-4H,5-6H2. The number of carbonyl (C=O) groups is 2. The number of carbonyl (C=O) groups excluding carboxylic acids is 2. The van der Waals surface area contributed by atoms with Crippen LogP contribution in [0.1, 0.15) is 20.7 Å². The zero-order valence-electron chi connectivity index (χ0n) is 8.11. The van der Waals surface area contributed by atoms with Crippen molar-refractivity contribution in [3.63, 3.8) is 0 Å². The number of alkyl halides is 2. The van der Waals surface area contributed by atoms with Crippen LogP contribution in [0.3, 0.4) is 0 Å². The van der Waals surface area contributed by atoms with Gasteiger partial charge >= 0.3 is 11.9 Å². The van der Waals surface area contributed by atoms with Gasteiger partial charge in [0, 0.05) is 0 Å². The molecule has 0 saturated carbocycles. The lowest BCUT2D eigenvalue weighted by Crippen LogP contribution is -2.07. The second-order valence-electron chi connectivity index (χ2n) is 2.66. The van der Waals surface area contributed by atoms with Crippen LogP contribution >= 0.6 is 45.2 Å². The summed E-state index contributed by atoms with van der Waals surface area (Å²) in [6.07, 6.45) is 0. The molecule has 1 aromatic carbocycles. The van der Waals surface area contributed by atoms with Gasteiger partial charge in [-0.3, -0.25) is 0 Å². The Kier molecular flexibility index (Phi) is 6.03. The maximum Gasteiger partial charge on any atom is 0.338 e. The van der Waals surface area contributed by atoms with E-state index in [0.29, 0.717) is 11.1 Å². The monoisotopic (exact) mass is 446 g/mol. The van der Waals surface area contributed by atoms with Gasteiger partial charge in [0.1, 0.15) is 9.23 Å². The van der Waals surface area contributed by atoms with E-state index in [4.69, 9.17) is 9.47 Å². The van der Waals surface area contributed by atoms with Gasteiger partial charge in [-0.05, 0) is 63.4 Å². The highest BCUT2D eigenvalue weighted by atomic mass is 127. The van der Waals surface area contributed by atoms with Gasteiger partial charge in [-0.1, -0.05) is 6.07 Å². The molecule has 6 heteroatoms. The second kappa shape index (κ2) is 7.05. The molecule has 0 amide bonds. The summed E-state index contributed by atoms with van der Waals surface area (Å²) in [6.45, 7) is 0. The van der Waals surface area contributed by atoms with Gasteiger partial charge in [-0.25, -0.2) is 9.59 Å². The summed E-state index contributed by atoms with van der Waals surface area (Å²) in [7, 11) is 0. The number of hydrogen-bond donors (Lipinski definition) is 0. The van der Waals surface area contributed by atoms with Gasteiger partial charge in [-0.15, -0.1) is 0 Å². The third-order valence-corrected chi connectivity index (χ3v) is 2.33. The van der Waals surface area contributed by atoms with Crippen molar-refractivity contribution >= 4 is 57.1 Å². The second-order valence-corrected chi connectivity index (χ2v) is 3.91. The molecular formula is C10H8I2O4. The fraction of sp³-hybridized carbons (Fsp3) is 0.200. The zero-order valence-corrected chi connectivity index (χ0v) is 12.4. The van der Waals surface area contributed by atoms with Crippen LogP contribution in [0.5, 0.6) is 0 Å². The summed E-state index contributed by atoms with van der Waals surface area (Å²) in [5.74, 6) is -0.892. The van der Waals surface area contributed by atoms with E-state index in [0.717, 1.165) is 0 Å². The minimum Gasteiger partial charge on any atom is -0.451 e. The Hall–Kier alpha value is -0.380. The predicted molar refractivity (Wildman–Crippen MR) is 75.0 cm³/mol. The molecule has 0 fully saturated rings. The molecule has 4 nitrogen and oxygen atoms in total. The highest BCUT2D eigenvalue weighted by Crippen LogP contribution is 2.09. The van der Waals surface area contributed by atoms with Crippen LogP contribution in [0.2, 0.25) is 0 Å². The van der Waals surface area contributed by atoms with E-state index in [9.17, 15) is 9.59 Å². The Labute approximate surface area is 120 Å².